The van der Waals surface area contributed by atoms with Gasteiger partial charge in [0.25, 0.3) is 0 Å². The van der Waals surface area contributed by atoms with Crippen molar-refractivity contribution in [1.29, 1.82) is 10.5 Å². The second-order valence-electron chi connectivity index (χ2n) is 3.18. The number of aromatic hydroxyl groups is 1. The number of benzene rings is 1. The first-order chi connectivity index (χ1) is 7.60. The highest BCUT2D eigenvalue weighted by atomic mass is 16.3. The summed E-state index contributed by atoms with van der Waals surface area (Å²) < 4.78 is 0. The number of nitrogens with zero attached hydrogens (tertiary/aromatic N) is 3. The van der Waals surface area contributed by atoms with E-state index in [1.165, 1.54) is 6.07 Å². The molecule has 0 heterocycles. The fraction of sp³-hybridized carbons (Fsp3) is 0.182. The van der Waals surface area contributed by atoms with Gasteiger partial charge in [-0.2, -0.15) is 15.6 Å². The van der Waals surface area contributed by atoms with Crippen molar-refractivity contribution in [2.75, 3.05) is 5.43 Å². The summed E-state index contributed by atoms with van der Waals surface area (Å²) in [7, 11) is 0. The van der Waals surface area contributed by atoms with Gasteiger partial charge in [0.1, 0.15) is 17.9 Å². The second kappa shape index (κ2) is 4.81. The number of rotatable bonds is 2. The first-order valence-electron chi connectivity index (χ1n) is 4.53. The van der Waals surface area contributed by atoms with Gasteiger partial charge < -0.3 is 5.11 Å². The number of hydrogen-bond donors (Lipinski definition) is 2. The van der Waals surface area contributed by atoms with Gasteiger partial charge in [-0.3, -0.25) is 5.43 Å². The number of hydrazone groups is 1. The number of phenolic OH excluding ortho intramolecular Hbond substituents is 1. The van der Waals surface area contributed by atoms with Crippen LogP contribution in [0.4, 0.5) is 5.69 Å². The van der Waals surface area contributed by atoms with Crippen molar-refractivity contribution >= 4 is 11.4 Å². The van der Waals surface area contributed by atoms with Gasteiger partial charge in [0.2, 0.25) is 5.71 Å². The molecule has 0 unspecified atom stereocenters. The van der Waals surface area contributed by atoms with Crippen LogP contribution in [-0.4, -0.2) is 10.8 Å². The lowest BCUT2D eigenvalue weighted by molar-refractivity contribution is 0.470. The van der Waals surface area contributed by atoms with Crippen LogP contribution in [0.2, 0.25) is 0 Å². The third-order valence-corrected chi connectivity index (χ3v) is 2.26. The van der Waals surface area contributed by atoms with E-state index in [0.29, 0.717) is 5.69 Å². The molecule has 5 heteroatoms. The molecule has 1 rings (SSSR count). The molecule has 1 aromatic carbocycles. The van der Waals surface area contributed by atoms with E-state index in [1.807, 2.05) is 6.92 Å². The van der Waals surface area contributed by atoms with Gasteiger partial charge in [-0.25, -0.2) is 0 Å². The minimum atomic E-state index is -0.245. The average Bonchev–Trinajstić information content (AvgIpc) is 2.30. The molecule has 0 fully saturated rings. The molecule has 0 bridgehead atoms. The third-order valence-electron chi connectivity index (χ3n) is 2.26. The molecule has 5 nitrogen and oxygen atoms in total. The summed E-state index contributed by atoms with van der Waals surface area (Å²) >= 11 is 0. The molecule has 80 valence electrons. The van der Waals surface area contributed by atoms with Crippen LogP contribution in [0.25, 0.3) is 0 Å². The van der Waals surface area contributed by atoms with E-state index >= 15 is 0 Å². The van der Waals surface area contributed by atoms with Crippen molar-refractivity contribution in [2.24, 2.45) is 5.10 Å². The molecule has 0 aliphatic rings. The maximum atomic E-state index is 9.43. The van der Waals surface area contributed by atoms with Crippen LogP contribution < -0.4 is 5.43 Å². The van der Waals surface area contributed by atoms with Gasteiger partial charge in [-0.15, -0.1) is 0 Å². The predicted molar refractivity (Wildman–Crippen MR) is 59.9 cm³/mol. The van der Waals surface area contributed by atoms with E-state index < -0.39 is 0 Å². The van der Waals surface area contributed by atoms with E-state index in [1.54, 1.807) is 25.1 Å². The number of hydrogen-bond acceptors (Lipinski definition) is 5. The van der Waals surface area contributed by atoms with Crippen LogP contribution in [-0.2, 0) is 0 Å². The van der Waals surface area contributed by atoms with Crippen LogP contribution in [0.1, 0.15) is 11.1 Å². The van der Waals surface area contributed by atoms with Crippen LogP contribution >= 0.6 is 0 Å². The number of nitriles is 2. The zero-order chi connectivity index (χ0) is 12.1. The standard InChI is InChI=1S/C11H10N4O/c1-7-8(2)11(16)4-3-10(7)15-14-9(5-12)6-13/h3-4,15-16H,1-2H3. The summed E-state index contributed by atoms with van der Waals surface area (Å²) in [6, 6.07) is 6.45. The Morgan fingerprint density at radius 2 is 1.88 bits per heavy atom. The smallest absolute Gasteiger partial charge is 0.237 e. The minimum absolute atomic E-state index is 0.202. The fourth-order valence-corrected chi connectivity index (χ4v) is 1.12. The quantitative estimate of drug-likeness (QED) is 0.446. The predicted octanol–water partition coefficient (Wildman–Crippen LogP) is 1.82. The van der Waals surface area contributed by atoms with Crippen molar-refractivity contribution in [3.63, 3.8) is 0 Å². The minimum Gasteiger partial charge on any atom is -0.508 e. The monoisotopic (exact) mass is 214 g/mol. The van der Waals surface area contributed by atoms with Crippen LogP contribution in [0.3, 0.4) is 0 Å². The maximum Gasteiger partial charge on any atom is 0.237 e. The van der Waals surface area contributed by atoms with Crippen LogP contribution in [0.15, 0.2) is 17.2 Å². The van der Waals surface area contributed by atoms with Gasteiger partial charge >= 0.3 is 0 Å². The van der Waals surface area contributed by atoms with E-state index in [9.17, 15) is 5.11 Å². The number of anilines is 1. The van der Waals surface area contributed by atoms with Crippen molar-refractivity contribution in [3.05, 3.63) is 23.3 Å². The molecule has 0 radical (unpaired) electrons. The van der Waals surface area contributed by atoms with E-state index in [0.717, 1.165) is 11.1 Å². The Morgan fingerprint density at radius 1 is 1.25 bits per heavy atom. The summed E-state index contributed by atoms with van der Waals surface area (Å²) in [5.74, 6) is 0.202. The van der Waals surface area contributed by atoms with Crippen molar-refractivity contribution < 1.29 is 5.11 Å². The van der Waals surface area contributed by atoms with Gasteiger partial charge in [-0.05, 0) is 37.1 Å². The Labute approximate surface area is 93.3 Å². The normalized spacial score (nSPS) is 8.75. The van der Waals surface area contributed by atoms with E-state index in [2.05, 4.69) is 10.5 Å². The fourth-order valence-electron chi connectivity index (χ4n) is 1.12. The first-order valence-corrected chi connectivity index (χ1v) is 4.53. The van der Waals surface area contributed by atoms with Gasteiger partial charge in [0.15, 0.2) is 0 Å². The molecular formula is C11H10N4O. The molecule has 0 spiro atoms. The van der Waals surface area contributed by atoms with Crippen molar-refractivity contribution in [1.82, 2.24) is 0 Å². The molecule has 16 heavy (non-hydrogen) atoms. The van der Waals surface area contributed by atoms with Crippen LogP contribution in [0.5, 0.6) is 5.75 Å². The average molecular weight is 214 g/mol. The summed E-state index contributed by atoms with van der Waals surface area (Å²) in [5, 5.41) is 30.0. The summed E-state index contributed by atoms with van der Waals surface area (Å²) in [4.78, 5) is 0. The Morgan fingerprint density at radius 3 is 2.44 bits per heavy atom. The second-order valence-corrected chi connectivity index (χ2v) is 3.18. The first kappa shape index (κ1) is 11.5. The van der Waals surface area contributed by atoms with Gasteiger partial charge in [0, 0.05) is 0 Å². The molecule has 2 N–H and O–H groups in total. The molecule has 0 aliphatic carbocycles. The lowest BCUT2D eigenvalue weighted by Gasteiger charge is -2.08. The van der Waals surface area contributed by atoms with Crippen LogP contribution in [0, 0.1) is 36.5 Å². The molecule has 0 aromatic heterocycles. The van der Waals surface area contributed by atoms with E-state index in [4.69, 9.17) is 10.5 Å². The SMILES string of the molecule is Cc1c(O)ccc(NN=C(C#N)C#N)c1C. The van der Waals surface area contributed by atoms with Gasteiger partial charge in [0.05, 0.1) is 5.69 Å². The molecular weight excluding hydrogens is 204 g/mol. The molecule has 0 atom stereocenters. The number of phenols is 1. The molecule has 0 saturated carbocycles. The highest BCUT2D eigenvalue weighted by Gasteiger charge is 2.04. The highest BCUT2D eigenvalue weighted by molar-refractivity contribution is 6.10. The zero-order valence-corrected chi connectivity index (χ0v) is 8.94. The lowest BCUT2D eigenvalue weighted by Crippen LogP contribution is -1.98. The number of nitrogens with one attached hydrogen (secondary N) is 1. The zero-order valence-electron chi connectivity index (χ0n) is 8.94. The van der Waals surface area contributed by atoms with Crippen molar-refractivity contribution in [3.8, 4) is 17.9 Å². The highest BCUT2D eigenvalue weighted by Crippen LogP contribution is 2.26. The lowest BCUT2D eigenvalue weighted by atomic mass is 10.1. The summed E-state index contributed by atoms with van der Waals surface area (Å²) in [6.07, 6.45) is 0. The Hall–Kier alpha value is -2.53. The van der Waals surface area contributed by atoms with E-state index in [-0.39, 0.29) is 11.5 Å². The Kier molecular flexibility index (Phi) is 3.47. The van der Waals surface area contributed by atoms with Gasteiger partial charge in [-0.1, -0.05) is 0 Å². The topological polar surface area (TPSA) is 92.2 Å². The Balaban J connectivity index is 3.02. The largest absolute Gasteiger partial charge is 0.508 e. The molecule has 0 aliphatic heterocycles. The van der Waals surface area contributed by atoms with Crippen molar-refractivity contribution in [2.45, 2.75) is 13.8 Å². The molecule has 0 amide bonds. The third kappa shape index (κ3) is 2.28. The maximum absolute atomic E-state index is 9.43. The molecule has 0 saturated heterocycles. The summed E-state index contributed by atoms with van der Waals surface area (Å²) in [6.45, 7) is 3.58. The molecule has 1 aromatic rings. The summed E-state index contributed by atoms with van der Waals surface area (Å²) in [5.41, 5.74) is 4.57. The Bertz CT molecular complexity index is 504.